The lowest BCUT2D eigenvalue weighted by molar-refractivity contribution is -0.129. The fourth-order valence-corrected chi connectivity index (χ4v) is 3.05. The second-order valence-electron chi connectivity index (χ2n) is 5.15. The smallest absolute Gasteiger partial charge is 0.225 e. The van der Waals surface area contributed by atoms with E-state index in [0.29, 0.717) is 12.5 Å². The number of phenols is 1. The zero-order valence-electron chi connectivity index (χ0n) is 10.3. The van der Waals surface area contributed by atoms with Crippen LogP contribution in [0.4, 0.5) is 5.69 Å². The van der Waals surface area contributed by atoms with Gasteiger partial charge in [0.15, 0.2) is 0 Å². The zero-order valence-corrected chi connectivity index (χ0v) is 10.3. The highest BCUT2D eigenvalue weighted by atomic mass is 16.3. The lowest BCUT2D eigenvalue weighted by Crippen LogP contribution is -2.42. The second-order valence-corrected chi connectivity index (χ2v) is 5.15. The number of nitrogens with zero attached hydrogens (tertiary/aromatic N) is 1. The van der Waals surface area contributed by atoms with Crippen LogP contribution in [0.3, 0.4) is 0 Å². The summed E-state index contributed by atoms with van der Waals surface area (Å²) in [6.45, 7) is 0.914. The summed E-state index contributed by atoms with van der Waals surface area (Å²) in [7, 11) is 0. The van der Waals surface area contributed by atoms with E-state index in [9.17, 15) is 9.90 Å². The minimum Gasteiger partial charge on any atom is -0.508 e. The molecule has 1 aromatic rings. The van der Waals surface area contributed by atoms with Crippen LogP contribution in [-0.2, 0) is 4.79 Å². The maximum atomic E-state index is 11.9. The van der Waals surface area contributed by atoms with Crippen molar-refractivity contribution in [1.29, 1.82) is 0 Å². The highest BCUT2D eigenvalue weighted by Gasteiger charge is 2.40. The van der Waals surface area contributed by atoms with E-state index >= 15 is 0 Å². The van der Waals surface area contributed by atoms with Crippen LogP contribution in [-0.4, -0.2) is 34.5 Å². The van der Waals surface area contributed by atoms with Gasteiger partial charge in [0.2, 0.25) is 5.91 Å². The first-order chi connectivity index (χ1) is 8.74. The quantitative estimate of drug-likeness (QED) is 0.784. The number of fused-ring (bicyclic) bond motifs is 1. The first-order valence-corrected chi connectivity index (χ1v) is 6.59. The van der Waals surface area contributed by atoms with Gasteiger partial charge in [-0.25, -0.2) is 0 Å². The average Bonchev–Trinajstić information content (AvgIpc) is 2.70. The van der Waals surface area contributed by atoms with Crippen LogP contribution in [0.25, 0.3) is 0 Å². The summed E-state index contributed by atoms with van der Waals surface area (Å²) in [6.07, 6.45) is 4.03. The summed E-state index contributed by atoms with van der Waals surface area (Å²) < 4.78 is 0. The van der Waals surface area contributed by atoms with Gasteiger partial charge in [0.25, 0.3) is 0 Å². The van der Waals surface area contributed by atoms with Crippen molar-refractivity contribution in [3.05, 3.63) is 24.3 Å². The molecule has 0 aromatic heterocycles. The Kier molecular flexibility index (Phi) is 2.86. The van der Waals surface area contributed by atoms with Gasteiger partial charge in [-0.15, -0.1) is 0 Å². The van der Waals surface area contributed by atoms with Crippen LogP contribution in [0.15, 0.2) is 24.3 Å². The Morgan fingerprint density at radius 1 is 1.22 bits per heavy atom. The topological polar surface area (TPSA) is 52.6 Å². The number of aromatic hydroxyl groups is 1. The Balaban J connectivity index is 1.73. The van der Waals surface area contributed by atoms with Gasteiger partial charge in [0.1, 0.15) is 5.75 Å². The number of hydrogen-bond donors (Lipinski definition) is 2. The third kappa shape index (κ3) is 2.03. The van der Waals surface area contributed by atoms with E-state index < -0.39 is 0 Å². The fraction of sp³-hybridized carbons (Fsp3) is 0.500. The van der Waals surface area contributed by atoms with Crippen molar-refractivity contribution in [3.63, 3.8) is 0 Å². The van der Waals surface area contributed by atoms with E-state index in [1.54, 1.807) is 12.1 Å². The number of nitrogens with one attached hydrogen (secondary N) is 1. The summed E-state index contributed by atoms with van der Waals surface area (Å²) in [6, 6.07) is 7.59. The van der Waals surface area contributed by atoms with E-state index in [-0.39, 0.29) is 17.7 Å². The molecule has 1 amide bonds. The molecule has 0 saturated carbocycles. The molecular formula is C14H18N2O2. The van der Waals surface area contributed by atoms with Crippen LogP contribution in [0.1, 0.15) is 25.7 Å². The minimum absolute atomic E-state index is 0.211. The van der Waals surface area contributed by atoms with Crippen LogP contribution >= 0.6 is 0 Å². The molecule has 4 heteroatoms. The number of phenolic OH excluding ortho intramolecular Hbond substituents is 1. The second kappa shape index (κ2) is 4.52. The lowest BCUT2D eigenvalue weighted by atomic mass is 9.99. The molecule has 0 aliphatic carbocycles. The van der Waals surface area contributed by atoms with Gasteiger partial charge < -0.3 is 15.3 Å². The third-order valence-corrected chi connectivity index (χ3v) is 3.95. The molecule has 2 saturated heterocycles. The van der Waals surface area contributed by atoms with Gasteiger partial charge in [0.05, 0.1) is 12.1 Å². The molecule has 2 N–H and O–H groups in total. The number of carbonyl (C=O) groups is 1. The highest BCUT2D eigenvalue weighted by molar-refractivity contribution is 5.81. The van der Waals surface area contributed by atoms with Crippen molar-refractivity contribution in [3.8, 4) is 5.75 Å². The molecule has 2 atom stereocenters. The monoisotopic (exact) mass is 246 g/mol. The van der Waals surface area contributed by atoms with E-state index in [1.165, 1.54) is 6.42 Å². The normalized spacial score (nSPS) is 27.1. The van der Waals surface area contributed by atoms with Gasteiger partial charge in [0, 0.05) is 18.7 Å². The van der Waals surface area contributed by atoms with E-state index in [1.807, 2.05) is 17.0 Å². The zero-order chi connectivity index (χ0) is 12.5. The van der Waals surface area contributed by atoms with Gasteiger partial charge in [-0.05, 0) is 43.5 Å². The Labute approximate surface area is 107 Å². The van der Waals surface area contributed by atoms with E-state index in [4.69, 9.17) is 0 Å². The first kappa shape index (κ1) is 11.4. The number of rotatable bonds is 2. The average molecular weight is 246 g/mol. The van der Waals surface area contributed by atoms with Crippen molar-refractivity contribution in [2.75, 3.05) is 11.9 Å². The molecular weight excluding hydrogens is 228 g/mol. The van der Waals surface area contributed by atoms with Crippen LogP contribution in [0, 0.1) is 0 Å². The van der Waals surface area contributed by atoms with Gasteiger partial charge >= 0.3 is 0 Å². The highest BCUT2D eigenvalue weighted by Crippen LogP contribution is 2.30. The molecule has 0 radical (unpaired) electrons. The standard InChI is InChI=1S/C14H18N2O2/c17-11-6-4-10(5-7-11)15-12-9-14(18)16-8-2-1-3-13(12)16/h4-7,12-13,15,17H,1-3,8-9H2. The molecule has 2 heterocycles. The molecule has 0 bridgehead atoms. The molecule has 2 aliphatic rings. The molecule has 2 unspecified atom stereocenters. The summed E-state index contributed by atoms with van der Waals surface area (Å²) in [5.41, 5.74) is 0.970. The minimum atomic E-state index is 0.211. The molecule has 1 aromatic carbocycles. The van der Waals surface area contributed by atoms with Gasteiger partial charge in [-0.1, -0.05) is 0 Å². The van der Waals surface area contributed by atoms with Gasteiger partial charge in [-0.3, -0.25) is 4.79 Å². The maximum Gasteiger partial charge on any atom is 0.225 e. The number of benzene rings is 1. The van der Waals surface area contributed by atoms with Crippen LogP contribution in [0.2, 0.25) is 0 Å². The summed E-state index contributed by atoms with van der Waals surface area (Å²) >= 11 is 0. The van der Waals surface area contributed by atoms with Crippen LogP contribution < -0.4 is 5.32 Å². The van der Waals surface area contributed by atoms with Crippen molar-refractivity contribution in [2.24, 2.45) is 0 Å². The van der Waals surface area contributed by atoms with Crippen molar-refractivity contribution >= 4 is 11.6 Å². The van der Waals surface area contributed by atoms with Gasteiger partial charge in [-0.2, -0.15) is 0 Å². The molecule has 96 valence electrons. The summed E-state index contributed by atoms with van der Waals surface area (Å²) in [5, 5.41) is 12.7. The first-order valence-electron chi connectivity index (χ1n) is 6.59. The number of carbonyl (C=O) groups excluding carboxylic acids is 1. The maximum absolute atomic E-state index is 11.9. The fourth-order valence-electron chi connectivity index (χ4n) is 3.05. The predicted molar refractivity (Wildman–Crippen MR) is 69.5 cm³/mol. The Morgan fingerprint density at radius 3 is 2.78 bits per heavy atom. The predicted octanol–water partition coefficient (Wildman–Crippen LogP) is 1.96. The molecule has 4 nitrogen and oxygen atoms in total. The molecule has 18 heavy (non-hydrogen) atoms. The molecule has 3 rings (SSSR count). The summed E-state index contributed by atoms with van der Waals surface area (Å²) in [5.74, 6) is 0.540. The number of piperidine rings is 1. The number of anilines is 1. The van der Waals surface area contributed by atoms with Crippen molar-refractivity contribution in [1.82, 2.24) is 4.90 Å². The van der Waals surface area contributed by atoms with E-state index in [0.717, 1.165) is 25.1 Å². The number of hydrogen-bond acceptors (Lipinski definition) is 3. The molecule has 0 spiro atoms. The lowest BCUT2D eigenvalue weighted by Gasteiger charge is -2.32. The largest absolute Gasteiger partial charge is 0.508 e. The Morgan fingerprint density at radius 2 is 2.00 bits per heavy atom. The van der Waals surface area contributed by atoms with E-state index in [2.05, 4.69) is 5.32 Å². The molecule has 2 aliphatic heterocycles. The number of amides is 1. The Hall–Kier alpha value is -1.71. The third-order valence-electron chi connectivity index (χ3n) is 3.95. The van der Waals surface area contributed by atoms with Crippen molar-refractivity contribution < 1.29 is 9.90 Å². The summed E-state index contributed by atoms with van der Waals surface area (Å²) in [4.78, 5) is 13.9. The Bertz CT molecular complexity index is 444. The SMILES string of the molecule is O=C1CC(Nc2ccc(O)cc2)C2CCCCN12. The molecule has 2 fully saturated rings. The van der Waals surface area contributed by atoms with Crippen molar-refractivity contribution in [2.45, 2.75) is 37.8 Å². The van der Waals surface area contributed by atoms with Crippen LogP contribution in [0.5, 0.6) is 5.75 Å².